The maximum atomic E-state index is 13.3. The molecule has 39 heavy (non-hydrogen) atoms. The second-order valence-corrected chi connectivity index (χ2v) is 14.0. The molecule has 0 spiro atoms. The largest absolute Gasteiger partial charge is 0.465 e. The monoisotopic (exact) mass is 558 g/mol. The minimum Gasteiger partial charge on any atom is -0.465 e. The van der Waals surface area contributed by atoms with Crippen LogP contribution < -0.4 is 4.90 Å². The normalized spacial score (nSPS) is 12.7. The molecule has 0 saturated carbocycles. The van der Waals surface area contributed by atoms with Gasteiger partial charge >= 0.3 is 16.3 Å². The van der Waals surface area contributed by atoms with Crippen molar-refractivity contribution < 1.29 is 23.1 Å². The molecule has 0 saturated heterocycles. The highest BCUT2D eigenvalue weighted by atomic mass is 32.2. The second-order valence-electron chi connectivity index (χ2n) is 12.0. The molecule has 1 N–H and O–H groups in total. The number of carboxylic acid groups (broad SMARTS) is 1. The summed E-state index contributed by atoms with van der Waals surface area (Å²) in [6.45, 7) is 11.4. The van der Waals surface area contributed by atoms with E-state index in [9.17, 15) is 23.1 Å². The van der Waals surface area contributed by atoms with Crippen molar-refractivity contribution in [3.05, 3.63) is 53.7 Å². The molecule has 0 fully saturated rings. The SMILES string of the molecule is CN(C)S(=O)(=O)n1cc(CC(C)(C)C)nc1C(=O)Cc1ccc(-c2cn(C)nc2N(C(=O)O)C(C)(C)C)cc1. The van der Waals surface area contributed by atoms with Crippen LogP contribution in [0.15, 0.2) is 36.7 Å². The van der Waals surface area contributed by atoms with E-state index < -0.39 is 27.6 Å². The van der Waals surface area contributed by atoms with Gasteiger partial charge in [-0.1, -0.05) is 45.0 Å². The summed E-state index contributed by atoms with van der Waals surface area (Å²) in [5.41, 5.74) is 1.68. The van der Waals surface area contributed by atoms with Gasteiger partial charge in [0.15, 0.2) is 11.6 Å². The Morgan fingerprint density at radius 3 is 2.08 bits per heavy atom. The Hall–Kier alpha value is -3.51. The van der Waals surface area contributed by atoms with Crippen molar-refractivity contribution in [3.8, 4) is 11.1 Å². The molecule has 0 aliphatic rings. The van der Waals surface area contributed by atoms with Gasteiger partial charge in [0.05, 0.1) is 5.69 Å². The molecule has 11 nitrogen and oxygen atoms in total. The number of Topliss-reactive ketones (excluding diaryl/α,β-unsaturated/α-hetero) is 1. The predicted molar refractivity (Wildman–Crippen MR) is 150 cm³/mol. The number of hydrogen-bond acceptors (Lipinski definition) is 6. The topological polar surface area (TPSA) is 131 Å². The number of amides is 1. The van der Waals surface area contributed by atoms with Crippen molar-refractivity contribution in [1.29, 1.82) is 0 Å². The molecule has 1 aromatic carbocycles. The van der Waals surface area contributed by atoms with E-state index in [1.165, 1.54) is 25.2 Å². The van der Waals surface area contributed by atoms with Gasteiger partial charge < -0.3 is 5.11 Å². The fourth-order valence-electron chi connectivity index (χ4n) is 4.18. The number of nitrogens with zero attached hydrogens (tertiary/aromatic N) is 6. The summed E-state index contributed by atoms with van der Waals surface area (Å²) in [5, 5.41) is 14.3. The molecule has 0 radical (unpaired) electrons. The highest BCUT2D eigenvalue weighted by Gasteiger charge is 2.32. The lowest BCUT2D eigenvalue weighted by molar-refractivity contribution is 0.0982. The van der Waals surface area contributed by atoms with Crippen LogP contribution in [0.1, 0.15) is 63.4 Å². The van der Waals surface area contributed by atoms with Gasteiger partial charge in [0.25, 0.3) is 0 Å². The molecule has 2 heterocycles. The second kappa shape index (κ2) is 10.6. The average molecular weight is 559 g/mol. The third-order valence-electron chi connectivity index (χ3n) is 5.91. The predicted octanol–water partition coefficient (Wildman–Crippen LogP) is 4.24. The van der Waals surface area contributed by atoms with Crippen LogP contribution in [-0.2, 0) is 30.1 Å². The van der Waals surface area contributed by atoms with Crippen LogP contribution in [0.4, 0.5) is 10.6 Å². The van der Waals surface area contributed by atoms with E-state index in [0.717, 1.165) is 13.8 Å². The molecule has 1 amide bonds. The number of ketones is 1. The number of benzene rings is 1. The summed E-state index contributed by atoms with van der Waals surface area (Å²) < 4.78 is 29.4. The van der Waals surface area contributed by atoms with Crippen LogP contribution in [0, 0.1) is 5.41 Å². The van der Waals surface area contributed by atoms with E-state index in [-0.39, 0.29) is 17.7 Å². The summed E-state index contributed by atoms with van der Waals surface area (Å²) in [6.07, 6.45) is 2.51. The zero-order chi connectivity index (χ0) is 29.5. The fraction of sp³-hybridized carbons (Fsp3) is 0.481. The third kappa shape index (κ3) is 6.74. The highest BCUT2D eigenvalue weighted by molar-refractivity contribution is 7.87. The summed E-state index contributed by atoms with van der Waals surface area (Å²) in [6, 6.07) is 7.10. The van der Waals surface area contributed by atoms with Gasteiger partial charge in [-0.15, -0.1) is 0 Å². The first-order valence-electron chi connectivity index (χ1n) is 12.5. The lowest BCUT2D eigenvalue weighted by atomic mass is 9.91. The van der Waals surface area contributed by atoms with E-state index in [4.69, 9.17) is 0 Å². The van der Waals surface area contributed by atoms with Crippen molar-refractivity contribution in [2.75, 3.05) is 19.0 Å². The molecule has 0 bridgehead atoms. The molecule has 2 aromatic heterocycles. The minimum atomic E-state index is -3.95. The van der Waals surface area contributed by atoms with Gasteiger partial charge in [-0.05, 0) is 43.7 Å². The van der Waals surface area contributed by atoms with Crippen molar-refractivity contribution in [3.63, 3.8) is 0 Å². The number of anilines is 1. The lowest BCUT2D eigenvalue weighted by Crippen LogP contribution is -2.45. The Morgan fingerprint density at radius 2 is 1.59 bits per heavy atom. The van der Waals surface area contributed by atoms with Crippen molar-refractivity contribution in [1.82, 2.24) is 23.0 Å². The number of carbonyl (C=O) groups is 2. The Bertz CT molecular complexity index is 1470. The van der Waals surface area contributed by atoms with E-state index in [1.54, 1.807) is 63.0 Å². The van der Waals surface area contributed by atoms with E-state index in [0.29, 0.717) is 29.1 Å². The van der Waals surface area contributed by atoms with Gasteiger partial charge in [-0.2, -0.15) is 17.8 Å². The van der Waals surface area contributed by atoms with Gasteiger partial charge in [0.1, 0.15) is 0 Å². The maximum Gasteiger partial charge on any atom is 0.413 e. The number of rotatable bonds is 8. The van der Waals surface area contributed by atoms with E-state index in [2.05, 4.69) is 10.1 Å². The quantitative estimate of drug-likeness (QED) is 0.409. The first kappa shape index (κ1) is 30.0. The van der Waals surface area contributed by atoms with E-state index >= 15 is 0 Å². The van der Waals surface area contributed by atoms with Crippen LogP contribution in [0.3, 0.4) is 0 Å². The number of aromatic nitrogens is 4. The van der Waals surface area contributed by atoms with Crippen molar-refractivity contribution in [2.45, 2.75) is 59.9 Å². The zero-order valence-corrected chi connectivity index (χ0v) is 24.9. The van der Waals surface area contributed by atoms with Gasteiger partial charge in [-0.3, -0.25) is 14.4 Å². The number of imidazole rings is 1. The zero-order valence-electron chi connectivity index (χ0n) is 24.1. The molecule has 3 aromatic rings. The van der Waals surface area contributed by atoms with Gasteiger partial charge in [0, 0.05) is 51.1 Å². The fourth-order valence-corrected chi connectivity index (χ4v) is 5.15. The summed E-state index contributed by atoms with van der Waals surface area (Å²) in [4.78, 5) is 31.0. The molecule has 0 unspecified atom stereocenters. The minimum absolute atomic E-state index is 0.0572. The number of hydrogen-bond donors (Lipinski definition) is 1. The Morgan fingerprint density at radius 1 is 1.00 bits per heavy atom. The number of aryl methyl sites for hydroxylation is 1. The molecule has 0 aliphatic heterocycles. The molecule has 12 heteroatoms. The van der Waals surface area contributed by atoms with Crippen LogP contribution in [0.25, 0.3) is 11.1 Å². The van der Waals surface area contributed by atoms with Crippen molar-refractivity contribution in [2.24, 2.45) is 12.5 Å². The maximum absolute atomic E-state index is 13.3. The molecule has 212 valence electrons. The molecule has 0 aliphatic carbocycles. The Balaban J connectivity index is 1.95. The smallest absolute Gasteiger partial charge is 0.413 e. The summed E-state index contributed by atoms with van der Waals surface area (Å²) in [7, 11) is 0.588. The first-order chi connectivity index (χ1) is 17.8. The Kier molecular flexibility index (Phi) is 8.14. The summed E-state index contributed by atoms with van der Waals surface area (Å²) in [5.74, 6) is -0.257. The third-order valence-corrected chi connectivity index (χ3v) is 7.61. The van der Waals surface area contributed by atoms with Crippen LogP contribution in [-0.4, -0.2) is 68.1 Å². The van der Waals surface area contributed by atoms with Gasteiger partial charge in [-0.25, -0.2) is 13.8 Å². The highest BCUT2D eigenvalue weighted by Crippen LogP contribution is 2.34. The van der Waals surface area contributed by atoms with Crippen LogP contribution >= 0.6 is 0 Å². The van der Waals surface area contributed by atoms with Crippen LogP contribution in [0.2, 0.25) is 0 Å². The van der Waals surface area contributed by atoms with Gasteiger partial charge in [0.2, 0.25) is 5.78 Å². The first-order valence-corrected chi connectivity index (χ1v) is 13.9. The molecular formula is C27H38N6O5S. The molecule has 0 atom stereocenters. The molecule has 3 rings (SSSR count). The van der Waals surface area contributed by atoms with Crippen LogP contribution in [0.5, 0.6) is 0 Å². The standard InChI is InChI=1S/C27H38N6O5S/c1-26(2,3)15-20-16-32(39(37,38)30(7)8)24(28-20)22(34)14-18-10-12-19(13-11-18)21-17-31(9)29-23(21)33(25(35)36)27(4,5)6/h10-13,16-17H,14-15H2,1-9H3,(H,35,36). The van der Waals surface area contributed by atoms with Crippen molar-refractivity contribution >= 4 is 27.9 Å². The summed E-state index contributed by atoms with van der Waals surface area (Å²) >= 11 is 0. The molecular weight excluding hydrogens is 520 g/mol. The average Bonchev–Trinajstić information content (AvgIpc) is 3.35. The van der Waals surface area contributed by atoms with E-state index in [1.807, 2.05) is 20.8 Å². The number of carbonyl (C=O) groups excluding carboxylic acids is 1. The lowest BCUT2D eigenvalue weighted by Gasteiger charge is -2.32. The Labute approximate surface area is 230 Å².